The number of alkyl halides is 2. The monoisotopic (exact) mass is 510 g/mol. The molecule has 0 aliphatic heterocycles. The largest absolute Gasteiger partial charge is 0.434 e. The van der Waals surface area contributed by atoms with Crippen LogP contribution in [0.5, 0.6) is 5.75 Å². The Kier molecular flexibility index (Phi) is 10.5. The second kappa shape index (κ2) is 12.1. The van der Waals surface area contributed by atoms with E-state index in [0.717, 1.165) is 17.0 Å². The van der Waals surface area contributed by atoms with Gasteiger partial charge in [0.05, 0.1) is 13.1 Å². The molecule has 0 fully saturated rings. The Balaban J connectivity index is 0.00000364. The van der Waals surface area contributed by atoms with E-state index in [9.17, 15) is 8.78 Å². The second-order valence-electron chi connectivity index (χ2n) is 5.61. The molecule has 5 nitrogen and oxygen atoms in total. The van der Waals surface area contributed by atoms with E-state index in [1.807, 2.05) is 20.0 Å². The Morgan fingerprint density at radius 3 is 2.70 bits per heavy atom. The van der Waals surface area contributed by atoms with Crippen LogP contribution in [0.1, 0.15) is 34.9 Å². The van der Waals surface area contributed by atoms with Gasteiger partial charge in [0.15, 0.2) is 5.96 Å². The van der Waals surface area contributed by atoms with E-state index in [2.05, 4.69) is 32.3 Å². The number of hydrogen-bond donors (Lipinski definition) is 2. The normalized spacial score (nSPS) is 11.3. The molecule has 0 radical (unpaired) electrons. The van der Waals surface area contributed by atoms with Crippen LogP contribution in [0.25, 0.3) is 0 Å². The summed E-state index contributed by atoms with van der Waals surface area (Å²) in [5, 5.41) is 7.34. The minimum Gasteiger partial charge on any atom is -0.434 e. The molecule has 0 aliphatic rings. The molecule has 0 bridgehead atoms. The SMILES string of the molecule is CCNC(=NCc1cc(C)ccc1OC(F)F)NCc1ncc(CC)s1.I. The molecule has 2 aromatic rings. The lowest BCUT2D eigenvalue weighted by atomic mass is 10.1. The van der Waals surface area contributed by atoms with Crippen molar-refractivity contribution in [1.29, 1.82) is 0 Å². The Bertz CT molecular complexity index is 740. The number of hydrogen-bond acceptors (Lipinski definition) is 4. The molecule has 0 atom stereocenters. The summed E-state index contributed by atoms with van der Waals surface area (Å²) in [4.78, 5) is 10.1. The van der Waals surface area contributed by atoms with Gasteiger partial charge in [0.1, 0.15) is 10.8 Å². The number of nitrogens with one attached hydrogen (secondary N) is 2. The van der Waals surface area contributed by atoms with Crippen LogP contribution in [-0.2, 0) is 19.5 Å². The fourth-order valence-electron chi connectivity index (χ4n) is 2.30. The van der Waals surface area contributed by atoms with Crippen molar-refractivity contribution < 1.29 is 13.5 Å². The lowest BCUT2D eigenvalue weighted by Gasteiger charge is -2.12. The average Bonchev–Trinajstić information content (AvgIpc) is 3.07. The molecule has 0 amide bonds. The number of rotatable bonds is 8. The predicted octanol–water partition coefficient (Wildman–Crippen LogP) is 4.49. The molecule has 1 aromatic heterocycles. The molecule has 0 saturated carbocycles. The zero-order valence-corrected chi connectivity index (χ0v) is 18.7. The van der Waals surface area contributed by atoms with Crippen molar-refractivity contribution in [2.45, 2.75) is 46.9 Å². The first-order valence-electron chi connectivity index (χ1n) is 8.51. The molecule has 0 saturated heterocycles. The third-order valence-corrected chi connectivity index (χ3v) is 4.68. The summed E-state index contributed by atoms with van der Waals surface area (Å²) in [7, 11) is 0. The highest BCUT2D eigenvalue weighted by atomic mass is 127. The number of guanidine groups is 1. The molecule has 27 heavy (non-hydrogen) atoms. The number of aliphatic imine (C=N–C) groups is 1. The van der Waals surface area contributed by atoms with E-state index >= 15 is 0 Å². The zero-order chi connectivity index (χ0) is 18.9. The third kappa shape index (κ3) is 7.96. The summed E-state index contributed by atoms with van der Waals surface area (Å²) >= 11 is 1.66. The van der Waals surface area contributed by atoms with Gasteiger partial charge in [-0.25, -0.2) is 9.98 Å². The van der Waals surface area contributed by atoms with E-state index in [1.54, 1.807) is 29.5 Å². The highest BCUT2D eigenvalue weighted by Gasteiger charge is 2.10. The molecule has 1 aromatic carbocycles. The number of ether oxygens (including phenoxy) is 1. The topological polar surface area (TPSA) is 58.5 Å². The van der Waals surface area contributed by atoms with Crippen LogP contribution in [0.3, 0.4) is 0 Å². The van der Waals surface area contributed by atoms with Crippen LogP contribution in [0.2, 0.25) is 0 Å². The van der Waals surface area contributed by atoms with Crippen molar-refractivity contribution in [2.24, 2.45) is 4.99 Å². The number of benzene rings is 1. The highest BCUT2D eigenvalue weighted by Crippen LogP contribution is 2.23. The van der Waals surface area contributed by atoms with Gasteiger partial charge in [-0.05, 0) is 26.3 Å². The number of halogens is 3. The van der Waals surface area contributed by atoms with Gasteiger partial charge in [0.25, 0.3) is 0 Å². The fraction of sp³-hybridized carbons (Fsp3) is 0.444. The van der Waals surface area contributed by atoms with Crippen molar-refractivity contribution in [2.75, 3.05) is 6.54 Å². The molecule has 0 aliphatic carbocycles. The Labute approximate surface area is 179 Å². The first kappa shape index (κ1) is 23.5. The van der Waals surface area contributed by atoms with Crippen molar-refractivity contribution in [3.05, 3.63) is 45.4 Å². The maximum Gasteiger partial charge on any atom is 0.387 e. The Morgan fingerprint density at radius 1 is 1.30 bits per heavy atom. The first-order valence-corrected chi connectivity index (χ1v) is 9.33. The lowest BCUT2D eigenvalue weighted by Crippen LogP contribution is -2.36. The maximum atomic E-state index is 12.6. The van der Waals surface area contributed by atoms with Gasteiger partial charge in [-0.15, -0.1) is 35.3 Å². The second-order valence-corrected chi connectivity index (χ2v) is 6.81. The summed E-state index contributed by atoms with van der Waals surface area (Å²) in [6.45, 7) is 4.59. The molecule has 150 valence electrons. The summed E-state index contributed by atoms with van der Waals surface area (Å²) < 4.78 is 29.7. The van der Waals surface area contributed by atoms with E-state index in [-0.39, 0.29) is 36.3 Å². The third-order valence-electron chi connectivity index (χ3n) is 3.54. The Morgan fingerprint density at radius 2 is 2.07 bits per heavy atom. The Hall–Kier alpha value is -1.49. The predicted molar refractivity (Wildman–Crippen MR) is 116 cm³/mol. The molecule has 2 rings (SSSR count). The van der Waals surface area contributed by atoms with E-state index in [0.29, 0.717) is 24.6 Å². The van der Waals surface area contributed by atoms with Crippen LogP contribution in [0.15, 0.2) is 29.4 Å². The summed E-state index contributed by atoms with van der Waals surface area (Å²) in [5.74, 6) is 0.753. The smallest absolute Gasteiger partial charge is 0.387 e. The van der Waals surface area contributed by atoms with Crippen molar-refractivity contribution >= 4 is 41.3 Å². The molecular formula is C18H25F2IN4OS. The van der Waals surface area contributed by atoms with Crippen LogP contribution in [0, 0.1) is 6.92 Å². The molecule has 9 heteroatoms. The zero-order valence-electron chi connectivity index (χ0n) is 15.6. The number of aromatic nitrogens is 1. The van der Waals surface area contributed by atoms with Gasteiger partial charge in [-0.3, -0.25) is 0 Å². The molecular weight excluding hydrogens is 485 g/mol. The van der Waals surface area contributed by atoms with Gasteiger partial charge in [0.2, 0.25) is 0 Å². The van der Waals surface area contributed by atoms with E-state index < -0.39 is 6.61 Å². The van der Waals surface area contributed by atoms with Crippen molar-refractivity contribution in [3.63, 3.8) is 0 Å². The van der Waals surface area contributed by atoms with Gasteiger partial charge >= 0.3 is 6.61 Å². The molecule has 0 spiro atoms. The first-order chi connectivity index (χ1) is 12.5. The standard InChI is InChI=1S/C18H24F2N4OS.HI/c1-4-14-10-22-16(26-14)11-24-18(21-5-2)23-9-13-8-12(3)6-7-15(13)25-17(19)20;/h6-8,10,17H,4-5,9,11H2,1-3H3,(H2,21,23,24);1H. The molecule has 0 unspecified atom stereocenters. The van der Waals surface area contributed by atoms with Crippen molar-refractivity contribution in [3.8, 4) is 5.75 Å². The number of thiazole rings is 1. The number of nitrogens with zero attached hydrogens (tertiary/aromatic N) is 2. The summed E-state index contributed by atoms with van der Waals surface area (Å²) in [6, 6.07) is 5.09. The molecule has 2 N–H and O–H groups in total. The van der Waals surface area contributed by atoms with Gasteiger partial charge in [0, 0.05) is 23.2 Å². The van der Waals surface area contributed by atoms with E-state index in [4.69, 9.17) is 0 Å². The molecule has 1 heterocycles. The van der Waals surface area contributed by atoms with Crippen LogP contribution in [0.4, 0.5) is 8.78 Å². The highest BCUT2D eigenvalue weighted by molar-refractivity contribution is 14.0. The van der Waals surface area contributed by atoms with Crippen LogP contribution >= 0.6 is 35.3 Å². The van der Waals surface area contributed by atoms with Gasteiger partial charge in [-0.2, -0.15) is 8.78 Å². The van der Waals surface area contributed by atoms with Crippen molar-refractivity contribution in [1.82, 2.24) is 15.6 Å². The minimum absolute atomic E-state index is 0. The minimum atomic E-state index is -2.86. The maximum absolute atomic E-state index is 12.6. The number of aryl methyl sites for hydroxylation is 2. The summed E-state index contributed by atoms with van der Waals surface area (Å²) in [5.41, 5.74) is 1.58. The van der Waals surface area contributed by atoms with Gasteiger partial charge < -0.3 is 15.4 Å². The fourth-order valence-corrected chi connectivity index (χ4v) is 3.10. The van der Waals surface area contributed by atoms with Crippen LogP contribution < -0.4 is 15.4 Å². The lowest BCUT2D eigenvalue weighted by molar-refractivity contribution is -0.0504. The van der Waals surface area contributed by atoms with Gasteiger partial charge in [-0.1, -0.05) is 24.6 Å². The van der Waals surface area contributed by atoms with Crippen LogP contribution in [-0.4, -0.2) is 24.1 Å². The summed E-state index contributed by atoms with van der Waals surface area (Å²) in [6.07, 6.45) is 2.85. The van der Waals surface area contributed by atoms with E-state index in [1.165, 1.54) is 4.88 Å². The quantitative estimate of drug-likeness (QED) is 0.312. The average molecular weight is 510 g/mol.